The van der Waals surface area contributed by atoms with Crippen LogP contribution in [0.4, 0.5) is 5.82 Å². The van der Waals surface area contributed by atoms with E-state index in [1.165, 1.54) is 0 Å². The number of aryl methyl sites for hydroxylation is 3. The molecule has 0 amide bonds. The highest BCUT2D eigenvalue weighted by molar-refractivity contribution is 5.41. The number of aromatic nitrogens is 6. The van der Waals surface area contributed by atoms with E-state index in [0.29, 0.717) is 11.7 Å². The van der Waals surface area contributed by atoms with Gasteiger partial charge in [-0.1, -0.05) is 5.16 Å². The lowest BCUT2D eigenvalue weighted by Crippen LogP contribution is -2.35. The molecule has 0 aromatic carbocycles. The number of rotatable bonds is 3. The molecule has 25 heavy (non-hydrogen) atoms. The molecule has 1 saturated heterocycles. The number of hydrogen-bond acceptors (Lipinski definition) is 7. The summed E-state index contributed by atoms with van der Waals surface area (Å²) in [6.07, 6.45) is 5.64. The topological polar surface area (TPSA) is 85.8 Å². The molecule has 0 bridgehead atoms. The zero-order chi connectivity index (χ0) is 17.4. The van der Waals surface area contributed by atoms with Crippen molar-refractivity contribution in [2.24, 2.45) is 0 Å². The molecule has 0 radical (unpaired) electrons. The molecule has 4 heterocycles. The molecule has 8 heteroatoms. The number of anilines is 1. The fourth-order valence-electron chi connectivity index (χ4n) is 3.33. The Bertz CT molecular complexity index is 885. The van der Waals surface area contributed by atoms with Crippen molar-refractivity contribution in [2.45, 2.75) is 39.5 Å². The van der Waals surface area contributed by atoms with E-state index in [2.05, 4.69) is 25.1 Å². The molecule has 4 rings (SSSR count). The Morgan fingerprint density at radius 1 is 1.12 bits per heavy atom. The number of piperidine rings is 1. The lowest BCUT2D eigenvalue weighted by molar-refractivity contribution is 0.331. The van der Waals surface area contributed by atoms with E-state index >= 15 is 0 Å². The van der Waals surface area contributed by atoms with Crippen LogP contribution in [0, 0.1) is 20.8 Å². The van der Waals surface area contributed by atoms with Crippen LogP contribution in [-0.4, -0.2) is 43.0 Å². The van der Waals surface area contributed by atoms with Crippen LogP contribution in [0.25, 0.3) is 5.82 Å². The van der Waals surface area contributed by atoms with Gasteiger partial charge in [0.05, 0.1) is 24.0 Å². The Labute approximate surface area is 145 Å². The Morgan fingerprint density at radius 3 is 2.68 bits per heavy atom. The van der Waals surface area contributed by atoms with Crippen LogP contribution in [0.2, 0.25) is 0 Å². The van der Waals surface area contributed by atoms with Gasteiger partial charge in [-0.25, -0.2) is 9.67 Å². The minimum absolute atomic E-state index is 0.231. The van der Waals surface area contributed by atoms with Crippen molar-refractivity contribution < 1.29 is 4.52 Å². The highest BCUT2D eigenvalue weighted by Crippen LogP contribution is 2.28. The first-order chi connectivity index (χ1) is 12.1. The molecule has 1 aliphatic rings. The molecule has 1 aliphatic heterocycles. The van der Waals surface area contributed by atoms with Crippen LogP contribution >= 0.6 is 0 Å². The van der Waals surface area contributed by atoms with Gasteiger partial charge < -0.3 is 9.42 Å². The van der Waals surface area contributed by atoms with Gasteiger partial charge in [-0.15, -0.1) is 0 Å². The van der Waals surface area contributed by atoms with Crippen LogP contribution in [0.5, 0.6) is 0 Å². The van der Waals surface area contributed by atoms with Crippen LogP contribution in [-0.2, 0) is 0 Å². The fourth-order valence-corrected chi connectivity index (χ4v) is 3.33. The van der Waals surface area contributed by atoms with Gasteiger partial charge in [-0.3, -0.25) is 4.98 Å². The Hall–Kier alpha value is -2.77. The van der Waals surface area contributed by atoms with E-state index < -0.39 is 0 Å². The second-order valence-electron chi connectivity index (χ2n) is 6.54. The predicted octanol–water partition coefficient (Wildman–Crippen LogP) is 2.35. The van der Waals surface area contributed by atoms with E-state index in [1.54, 1.807) is 12.4 Å². The Balaban J connectivity index is 1.59. The van der Waals surface area contributed by atoms with Gasteiger partial charge >= 0.3 is 0 Å². The Kier molecular flexibility index (Phi) is 3.95. The third-order valence-corrected chi connectivity index (χ3v) is 4.47. The number of nitrogens with zero attached hydrogens (tertiary/aromatic N) is 7. The van der Waals surface area contributed by atoms with Gasteiger partial charge in [0.15, 0.2) is 11.6 Å². The van der Waals surface area contributed by atoms with E-state index in [0.717, 1.165) is 49.0 Å². The van der Waals surface area contributed by atoms with Crippen molar-refractivity contribution in [3.05, 3.63) is 41.6 Å². The normalized spacial score (nSPS) is 17.9. The predicted molar refractivity (Wildman–Crippen MR) is 91.9 cm³/mol. The van der Waals surface area contributed by atoms with Crippen LogP contribution < -0.4 is 4.90 Å². The first-order valence-electron chi connectivity index (χ1n) is 8.51. The standard InChI is InChI=1S/C17H21N7O/c1-11-7-12(2)24(21-11)16-9-18-8-15(20-16)23-6-4-5-14(10-23)17-19-13(3)22-25-17/h7-9,14H,4-6,10H2,1-3H3/t14-/m0/s1. The average molecular weight is 339 g/mol. The SMILES string of the molecule is Cc1cc(C)n(-c2cncc(N3CCC[C@H](c4nc(C)no4)C3)n2)n1. The summed E-state index contributed by atoms with van der Waals surface area (Å²) in [5.74, 6) is 3.21. The maximum absolute atomic E-state index is 5.36. The second-order valence-corrected chi connectivity index (χ2v) is 6.54. The summed E-state index contributed by atoms with van der Waals surface area (Å²) < 4.78 is 7.19. The molecule has 0 spiro atoms. The molecule has 3 aromatic rings. The maximum Gasteiger partial charge on any atom is 0.231 e. The van der Waals surface area contributed by atoms with Crippen molar-refractivity contribution in [2.75, 3.05) is 18.0 Å². The zero-order valence-electron chi connectivity index (χ0n) is 14.7. The van der Waals surface area contributed by atoms with Gasteiger partial charge in [0.25, 0.3) is 0 Å². The van der Waals surface area contributed by atoms with Crippen LogP contribution in [0.1, 0.15) is 41.9 Å². The largest absolute Gasteiger partial charge is 0.354 e. The summed E-state index contributed by atoms with van der Waals surface area (Å²) in [6.45, 7) is 7.58. The summed E-state index contributed by atoms with van der Waals surface area (Å²) in [5.41, 5.74) is 2.01. The lowest BCUT2D eigenvalue weighted by atomic mass is 9.98. The van der Waals surface area contributed by atoms with Crippen molar-refractivity contribution in [3.8, 4) is 5.82 Å². The summed E-state index contributed by atoms with van der Waals surface area (Å²) in [5, 5.41) is 8.41. The first kappa shape index (κ1) is 15.7. The van der Waals surface area contributed by atoms with Crippen molar-refractivity contribution >= 4 is 5.82 Å². The van der Waals surface area contributed by atoms with Gasteiger partial charge in [0.1, 0.15) is 5.82 Å². The lowest BCUT2D eigenvalue weighted by Gasteiger charge is -2.31. The quantitative estimate of drug-likeness (QED) is 0.724. The van der Waals surface area contributed by atoms with Gasteiger partial charge in [-0.2, -0.15) is 10.1 Å². The van der Waals surface area contributed by atoms with E-state index in [4.69, 9.17) is 9.51 Å². The third kappa shape index (κ3) is 3.11. The molecule has 0 saturated carbocycles. The van der Waals surface area contributed by atoms with Gasteiger partial charge in [-0.05, 0) is 39.7 Å². The molecule has 3 aromatic heterocycles. The maximum atomic E-state index is 5.36. The minimum atomic E-state index is 0.231. The molecular weight excluding hydrogens is 318 g/mol. The Morgan fingerprint density at radius 2 is 1.96 bits per heavy atom. The van der Waals surface area contributed by atoms with Crippen molar-refractivity contribution in [1.82, 2.24) is 29.9 Å². The molecule has 0 N–H and O–H groups in total. The molecule has 8 nitrogen and oxygen atoms in total. The molecule has 1 atom stereocenters. The fraction of sp³-hybridized carbons (Fsp3) is 0.471. The van der Waals surface area contributed by atoms with Gasteiger partial charge in [0.2, 0.25) is 5.89 Å². The van der Waals surface area contributed by atoms with E-state index in [9.17, 15) is 0 Å². The summed E-state index contributed by atoms with van der Waals surface area (Å²) in [4.78, 5) is 15.8. The molecule has 1 fully saturated rings. The minimum Gasteiger partial charge on any atom is -0.354 e. The van der Waals surface area contributed by atoms with Crippen LogP contribution in [0.15, 0.2) is 23.0 Å². The van der Waals surface area contributed by atoms with Crippen molar-refractivity contribution in [1.29, 1.82) is 0 Å². The summed E-state index contributed by atoms with van der Waals surface area (Å²) in [6, 6.07) is 2.03. The first-order valence-corrected chi connectivity index (χ1v) is 8.51. The molecule has 0 aliphatic carbocycles. The molecule has 130 valence electrons. The molecule has 0 unspecified atom stereocenters. The summed E-state index contributed by atoms with van der Waals surface area (Å²) in [7, 11) is 0. The number of hydrogen-bond donors (Lipinski definition) is 0. The average Bonchev–Trinajstić information content (AvgIpc) is 3.20. The third-order valence-electron chi connectivity index (χ3n) is 4.47. The molecular formula is C17H21N7O. The highest BCUT2D eigenvalue weighted by Gasteiger charge is 2.26. The second kappa shape index (κ2) is 6.27. The summed E-state index contributed by atoms with van der Waals surface area (Å²) >= 11 is 0. The van der Waals surface area contributed by atoms with Crippen LogP contribution in [0.3, 0.4) is 0 Å². The van der Waals surface area contributed by atoms with E-state index in [-0.39, 0.29) is 5.92 Å². The smallest absolute Gasteiger partial charge is 0.231 e. The zero-order valence-corrected chi connectivity index (χ0v) is 14.7. The van der Waals surface area contributed by atoms with E-state index in [1.807, 2.05) is 31.5 Å². The monoisotopic (exact) mass is 339 g/mol. The van der Waals surface area contributed by atoms with Crippen molar-refractivity contribution in [3.63, 3.8) is 0 Å². The highest BCUT2D eigenvalue weighted by atomic mass is 16.5. The van der Waals surface area contributed by atoms with Gasteiger partial charge in [0, 0.05) is 18.8 Å².